The average Bonchev–Trinajstić information content (AvgIpc) is 2.68. The molecule has 26 heavy (non-hydrogen) atoms. The van der Waals surface area contributed by atoms with Crippen LogP contribution in [0.4, 0.5) is 0 Å². The minimum atomic E-state index is -0.0730. The Hall–Kier alpha value is -2.08. The zero-order chi connectivity index (χ0) is 18.4. The Morgan fingerprint density at radius 3 is 2.88 bits per heavy atom. The number of piperazine rings is 1. The van der Waals surface area contributed by atoms with E-state index in [1.165, 1.54) is 0 Å². The lowest BCUT2D eigenvalue weighted by Gasteiger charge is -2.41. The third-order valence-corrected chi connectivity index (χ3v) is 5.26. The number of rotatable bonds is 6. The van der Waals surface area contributed by atoms with Crippen LogP contribution in [0, 0.1) is 5.92 Å². The van der Waals surface area contributed by atoms with Gasteiger partial charge in [0.25, 0.3) is 0 Å². The predicted octanol–water partition coefficient (Wildman–Crippen LogP) is 1.51. The van der Waals surface area contributed by atoms with Gasteiger partial charge in [0.2, 0.25) is 11.8 Å². The molecule has 0 spiro atoms. The highest BCUT2D eigenvalue weighted by Crippen LogP contribution is 2.20. The molecule has 2 amide bonds. The van der Waals surface area contributed by atoms with Gasteiger partial charge in [0.15, 0.2) is 0 Å². The molecule has 1 aromatic rings. The van der Waals surface area contributed by atoms with Crippen LogP contribution in [0.25, 0.3) is 0 Å². The maximum atomic E-state index is 12.8. The second kappa shape index (κ2) is 9.03. The Kier molecular flexibility index (Phi) is 6.50. The van der Waals surface area contributed by atoms with E-state index in [4.69, 9.17) is 4.74 Å². The number of nitrogens with one attached hydrogen (secondary N) is 1. The number of benzene rings is 1. The van der Waals surface area contributed by atoms with E-state index < -0.39 is 0 Å². The number of carbonyl (C=O) groups excluding carboxylic acids is 2. The Bertz CT molecular complexity index is 608. The standard InChI is InChI=1S/C20H29N3O3/c1-16(9-13-26-18-7-3-2-4-8-18)20(25)22-11-5-6-17(15-22)23-12-10-21-14-19(23)24/h2-4,7-8,16-17,21H,5-6,9-15H2,1H3. The quantitative estimate of drug-likeness (QED) is 0.836. The predicted molar refractivity (Wildman–Crippen MR) is 99.9 cm³/mol. The van der Waals surface area contributed by atoms with Crippen LogP contribution >= 0.6 is 0 Å². The van der Waals surface area contributed by atoms with E-state index in [9.17, 15) is 9.59 Å². The zero-order valence-electron chi connectivity index (χ0n) is 15.5. The van der Waals surface area contributed by atoms with Crippen LogP contribution in [0.2, 0.25) is 0 Å². The van der Waals surface area contributed by atoms with Crippen molar-refractivity contribution in [2.75, 3.05) is 39.3 Å². The second-order valence-corrected chi connectivity index (χ2v) is 7.20. The van der Waals surface area contributed by atoms with Gasteiger partial charge in [-0.1, -0.05) is 25.1 Å². The van der Waals surface area contributed by atoms with Crippen LogP contribution in [0.3, 0.4) is 0 Å². The number of hydrogen-bond donors (Lipinski definition) is 1. The zero-order valence-corrected chi connectivity index (χ0v) is 15.5. The molecule has 2 saturated heterocycles. The number of ether oxygens (including phenoxy) is 1. The molecule has 3 rings (SSSR count). The van der Waals surface area contributed by atoms with Gasteiger partial charge in [0.05, 0.1) is 13.2 Å². The molecular weight excluding hydrogens is 330 g/mol. The molecule has 6 heteroatoms. The summed E-state index contributed by atoms with van der Waals surface area (Å²) in [5.74, 6) is 1.09. The van der Waals surface area contributed by atoms with Crippen LogP contribution in [0.15, 0.2) is 30.3 Å². The Morgan fingerprint density at radius 2 is 2.12 bits per heavy atom. The number of likely N-dealkylation sites (tertiary alicyclic amines) is 1. The first-order valence-corrected chi connectivity index (χ1v) is 9.62. The van der Waals surface area contributed by atoms with Gasteiger partial charge in [-0.3, -0.25) is 9.59 Å². The van der Waals surface area contributed by atoms with Crippen molar-refractivity contribution < 1.29 is 14.3 Å². The molecule has 2 heterocycles. The molecule has 0 aliphatic carbocycles. The molecule has 2 aliphatic rings. The van der Waals surface area contributed by atoms with E-state index in [0.717, 1.165) is 38.2 Å². The van der Waals surface area contributed by atoms with E-state index in [1.54, 1.807) is 0 Å². The molecule has 0 radical (unpaired) electrons. The second-order valence-electron chi connectivity index (χ2n) is 7.20. The fourth-order valence-corrected chi connectivity index (χ4v) is 3.72. The summed E-state index contributed by atoms with van der Waals surface area (Å²) in [5.41, 5.74) is 0. The SMILES string of the molecule is CC(CCOc1ccccc1)C(=O)N1CCCC(N2CCNCC2=O)C1. The third kappa shape index (κ3) is 4.75. The molecular formula is C20H29N3O3. The maximum absolute atomic E-state index is 12.8. The highest BCUT2D eigenvalue weighted by atomic mass is 16.5. The van der Waals surface area contributed by atoms with Gasteiger partial charge in [0, 0.05) is 38.1 Å². The van der Waals surface area contributed by atoms with E-state index in [0.29, 0.717) is 26.1 Å². The van der Waals surface area contributed by atoms with Crippen LogP contribution in [-0.2, 0) is 9.59 Å². The van der Waals surface area contributed by atoms with Gasteiger partial charge < -0.3 is 19.9 Å². The highest BCUT2D eigenvalue weighted by Gasteiger charge is 2.32. The van der Waals surface area contributed by atoms with Gasteiger partial charge >= 0.3 is 0 Å². The molecule has 0 bridgehead atoms. The van der Waals surface area contributed by atoms with Gasteiger partial charge in [-0.25, -0.2) is 0 Å². The fourth-order valence-electron chi connectivity index (χ4n) is 3.72. The van der Waals surface area contributed by atoms with Crippen LogP contribution in [0.1, 0.15) is 26.2 Å². The lowest BCUT2D eigenvalue weighted by atomic mass is 10.00. The van der Waals surface area contributed by atoms with E-state index in [-0.39, 0.29) is 23.8 Å². The topological polar surface area (TPSA) is 61.9 Å². The molecule has 2 fully saturated rings. The van der Waals surface area contributed by atoms with Gasteiger partial charge in [-0.05, 0) is 31.4 Å². The number of para-hydroxylation sites is 1. The summed E-state index contributed by atoms with van der Waals surface area (Å²) in [6.07, 6.45) is 2.64. The molecule has 1 aromatic carbocycles. The normalized spacial score (nSPS) is 22.2. The number of hydrogen-bond acceptors (Lipinski definition) is 4. The summed E-state index contributed by atoms with van der Waals surface area (Å²) < 4.78 is 5.71. The van der Waals surface area contributed by atoms with Crippen molar-refractivity contribution in [2.45, 2.75) is 32.2 Å². The Labute approximate surface area is 155 Å². The fraction of sp³-hybridized carbons (Fsp3) is 0.600. The molecule has 2 atom stereocenters. The smallest absolute Gasteiger partial charge is 0.236 e. The van der Waals surface area contributed by atoms with Gasteiger partial charge in [-0.15, -0.1) is 0 Å². The summed E-state index contributed by atoms with van der Waals surface area (Å²) in [5, 5.41) is 3.11. The van der Waals surface area contributed by atoms with Crippen molar-refractivity contribution in [1.29, 1.82) is 0 Å². The van der Waals surface area contributed by atoms with Crippen molar-refractivity contribution in [3.63, 3.8) is 0 Å². The van der Waals surface area contributed by atoms with Crippen LogP contribution in [-0.4, -0.2) is 67.0 Å². The van der Waals surface area contributed by atoms with Crippen molar-refractivity contribution >= 4 is 11.8 Å². The summed E-state index contributed by atoms with van der Waals surface area (Å²) in [6.45, 7) is 5.95. The van der Waals surface area contributed by atoms with E-state index in [1.807, 2.05) is 47.1 Å². The van der Waals surface area contributed by atoms with Gasteiger partial charge in [0.1, 0.15) is 5.75 Å². The molecule has 1 N–H and O–H groups in total. The van der Waals surface area contributed by atoms with Gasteiger partial charge in [-0.2, -0.15) is 0 Å². The van der Waals surface area contributed by atoms with Crippen molar-refractivity contribution in [1.82, 2.24) is 15.1 Å². The molecule has 0 saturated carbocycles. The molecule has 6 nitrogen and oxygen atoms in total. The first kappa shape index (κ1) is 18.7. The lowest BCUT2D eigenvalue weighted by molar-refractivity contribution is -0.142. The number of amides is 2. The molecule has 2 unspecified atom stereocenters. The number of piperidine rings is 1. The summed E-state index contributed by atoms with van der Waals surface area (Å²) in [4.78, 5) is 28.8. The summed E-state index contributed by atoms with van der Waals surface area (Å²) in [6, 6.07) is 9.84. The van der Waals surface area contributed by atoms with E-state index >= 15 is 0 Å². The van der Waals surface area contributed by atoms with Crippen molar-refractivity contribution in [3.05, 3.63) is 30.3 Å². The first-order chi connectivity index (χ1) is 12.6. The Balaban J connectivity index is 1.47. The minimum Gasteiger partial charge on any atom is -0.494 e. The number of carbonyl (C=O) groups is 2. The Morgan fingerprint density at radius 1 is 1.31 bits per heavy atom. The van der Waals surface area contributed by atoms with E-state index in [2.05, 4.69) is 5.32 Å². The molecule has 0 aromatic heterocycles. The molecule has 2 aliphatic heterocycles. The lowest BCUT2D eigenvalue weighted by Crippen LogP contribution is -2.58. The first-order valence-electron chi connectivity index (χ1n) is 9.62. The highest BCUT2D eigenvalue weighted by molar-refractivity contribution is 5.80. The van der Waals surface area contributed by atoms with Crippen molar-refractivity contribution in [3.8, 4) is 5.75 Å². The largest absolute Gasteiger partial charge is 0.494 e. The number of nitrogens with zero attached hydrogens (tertiary/aromatic N) is 2. The maximum Gasteiger partial charge on any atom is 0.236 e. The third-order valence-electron chi connectivity index (χ3n) is 5.26. The molecule has 142 valence electrons. The minimum absolute atomic E-state index is 0.0730. The van der Waals surface area contributed by atoms with Crippen LogP contribution < -0.4 is 10.1 Å². The van der Waals surface area contributed by atoms with Crippen LogP contribution in [0.5, 0.6) is 5.75 Å². The summed E-state index contributed by atoms with van der Waals surface area (Å²) in [7, 11) is 0. The monoisotopic (exact) mass is 359 g/mol. The van der Waals surface area contributed by atoms with Crippen molar-refractivity contribution in [2.24, 2.45) is 5.92 Å². The average molecular weight is 359 g/mol. The summed E-state index contributed by atoms with van der Waals surface area (Å²) >= 11 is 0.